The molecule has 1 aliphatic heterocycles. The van der Waals surface area contributed by atoms with E-state index in [0.717, 1.165) is 25.7 Å². The maximum atomic E-state index is 12.7. The Balaban J connectivity index is 1.87. The highest BCUT2D eigenvalue weighted by atomic mass is 79.9. The molecule has 134 valence electrons. The lowest BCUT2D eigenvalue weighted by atomic mass is 10.1. The zero-order valence-corrected chi connectivity index (χ0v) is 15.5. The summed E-state index contributed by atoms with van der Waals surface area (Å²) < 4.78 is 6.02. The number of terminal acetylenes is 1. The molecule has 0 spiro atoms. The summed E-state index contributed by atoms with van der Waals surface area (Å²) in [7, 11) is 0. The number of amides is 4. The van der Waals surface area contributed by atoms with Crippen LogP contribution in [-0.4, -0.2) is 35.4 Å². The number of hydrogen-bond acceptors (Lipinski definition) is 4. The lowest BCUT2D eigenvalue weighted by Crippen LogP contribution is -2.57. The highest BCUT2D eigenvalue weighted by molar-refractivity contribution is 9.10. The van der Waals surface area contributed by atoms with Crippen molar-refractivity contribution in [3.05, 3.63) is 33.8 Å². The number of benzene rings is 1. The summed E-state index contributed by atoms with van der Waals surface area (Å²) >= 11 is 3.37. The quantitative estimate of drug-likeness (QED) is 0.465. The summed E-state index contributed by atoms with van der Waals surface area (Å²) in [6.45, 7) is 0.137. The standard InChI is InChI=1S/C19H17BrN2O4/c1-2-9-26-16-8-7-12(11-15(16)20)10-14-17(23)21-19(25)22(18(14)24)13-5-3-4-6-13/h1,7-8,10-11,13H,3-6,9H2,(H,21,23,25)/b14-10+. The van der Waals surface area contributed by atoms with E-state index in [4.69, 9.17) is 11.2 Å². The van der Waals surface area contributed by atoms with Crippen LogP contribution in [0.5, 0.6) is 5.75 Å². The van der Waals surface area contributed by atoms with Gasteiger partial charge in [0.05, 0.1) is 4.47 Å². The molecule has 3 rings (SSSR count). The second kappa shape index (κ2) is 7.75. The van der Waals surface area contributed by atoms with E-state index >= 15 is 0 Å². The van der Waals surface area contributed by atoms with Crippen LogP contribution in [0.25, 0.3) is 6.08 Å². The Hall–Kier alpha value is -2.59. The van der Waals surface area contributed by atoms with Gasteiger partial charge in [0.25, 0.3) is 11.8 Å². The minimum atomic E-state index is -0.682. The van der Waals surface area contributed by atoms with Gasteiger partial charge in [0, 0.05) is 6.04 Å². The monoisotopic (exact) mass is 416 g/mol. The number of barbiturate groups is 1. The van der Waals surface area contributed by atoms with Crippen LogP contribution in [0.1, 0.15) is 31.2 Å². The molecule has 1 aromatic rings. The van der Waals surface area contributed by atoms with Crippen molar-refractivity contribution in [2.75, 3.05) is 6.61 Å². The fourth-order valence-electron chi connectivity index (χ4n) is 3.18. The van der Waals surface area contributed by atoms with Crippen LogP contribution >= 0.6 is 15.9 Å². The molecule has 2 fully saturated rings. The Bertz CT molecular complexity index is 834. The van der Waals surface area contributed by atoms with Gasteiger partial charge in [-0.2, -0.15) is 0 Å². The zero-order chi connectivity index (χ0) is 18.7. The summed E-state index contributed by atoms with van der Waals surface area (Å²) in [6, 6.07) is 4.34. The maximum absolute atomic E-state index is 12.7. The first kappa shape index (κ1) is 18.2. The van der Waals surface area contributed by atoms with Gasteiger partial charge in [-0.1, -0.05) is 24.8 Å². The number of halogens is 1. The molecule has 0 aromatic heterocycles. The number of hydrogen-bond donors (Lipinski definition) is 1. The van der Waals surface area contributed by atoms with Crippen molar-refractivity contribution >= 4 is 39.9 Å². The van der Waals surface area contributed by atoms with Crippen LogP contribution in [-0.2, 0) is 9.59 Å². The summed E-state index contributed by atoms with van der Waals surface area (Å²) in [5.74, 6) is 1.71. The van der Waals surface area contributed by atoms with Crippen LogP contribution < -0.4 is 10.1 Å². The molecule has 1 saturated carbocycles. The molecule has 0 bridgehead atoms. The Morgan fingerprint density at radius 1 is 1.31 bits per heavy atom. The van der Waals surface area contributed by atoms with Crippen molar-refractivity contribution in [2.45, 2.75) is 31.7 Å². The molecule has 1 aromatic carbocycles. The van der Waals surface area contributed by atoms with Gasteiger partial charge in [0.1, 0.15) is 17.9 Å². The molecule has 1 N–H and O–H groups in total. The number of carbonyl (C=O) groups is 3. The average molecular weight is 417 g/mol. The molecular formula is C19H17BrN2O4. The van der Waals surface area contributed by atoms with Gasteiger partial charge >= 0.3 is 6.03 Å². The van der Waals surface area contributed by atoms with E-state index in [1.807, 2.05) is 0 Å². The van der Waals surface area contributed by atoms with E-state index in [1.165, 1.54) is 11.0 Å². The molecule has 0 unspecified atom stereocenters. The van der Waals surface area contributed by atoms with Gasteiger partial charge < -0.3 is 4.74 Å². The molecule has 0 atom stereocenters. The van der Waals surface area contributed by atoms with E-state index in [2.05, 4.69) is 27.2 Å². The molecule has 7 heteroatoms. The zero-order valence-electron chi connectivity index (χ0n) is 14.0. The number of nitrogens with one attached hydrogen (secondary N) is 1. The highest BCUT2D eigenvalue weighted by Crippen LogP contribution is 2.29. The van der Waals surface area contributed by atoms with Gasteiger partial charge in [-0.05, 0) is 52.5 Å². The van der Waals surface area contributed by atoms with E-state index in [0.29, 0.717) is 15.8 Å². The Morgan fingerprint density at radius 3 is 2.69 bits per heavy atom. The molecule has 26 heavy (non-hydrogen) atoms. The number of ether oxygens (including phenoxy) is 1. The molecule has 1 heterocycles. The number of rotatable bonds is 4. The molecule has 1 aliphatic carbocycles. The molecular weight excluding hydrogens is 400 g/mol. The number of urea groups is 1. The van der Waals surface area contributed by atoms with E-state index < -0.39 is 17.8 Å². The minimum Gasteiger partial charge on any atom is -0.480 e. The van der Waals surface area contributed by atoms with Crippen LogP contribution in [0.2, 0.25) is 0 Å². The normalized spacial score (nSPS) is 19.6. The van der Waals surface area contributed by atoms with Gasteiger partial charge in [-0.3, -0.25) is 19.8 Å². The van der Waals surface area contributed by atoms with E-state index in [9.17, 15) is 14.4 Å². The van der Waals surface area contributed by atoms with Gasteiger partial charge in [-0.25, -0.2) is 4.79 Å². The number of carbonyl (C=O) groups excluding carboxylic acids is 3. The first-order valence-corrected chi connectivity index (χ1v) is 9.07. The predicted octanol–water partition coefficient (Wildman–Crippen LogP) is 2.87. The van der Waals surface area contributed by atoms with Crippen molar-refractivity contribution < 1.29 is 19.1 Å². The smallest absolute Gasteiger partial charge is 0.331 e. The summed E-state index contributed by atoms with van der Waals surface area (Å²) in [6.07, 6.45) is 10.1. The Labute approximate surface area is 159 Å². The van der Waals surface area contributed by atoms with Gasteiger partial charge in [0.15, 0.2) is 0 Å². The third kappa shape index (κ3) is 3.65. The molecule has 6 nitrogen and oxygen atoms in total. The first-order valence-electron chi connectivity index (χ1n) is 8.27. The lowest BCUT2D eigenvalue weighted by Gasteiger charge is -2.31. The van der Waals surface area contributed by atoms with Crippen LogP contribution in [0.4, 0.5) is 4.79 Å². The summed E-state index contributed by atoms with van der Waals surface area (Å²) in [5, 5.41) is 2.26. The van der Waals surface area contributed by atoms with Crippen molar-refractivity contribution in [1.29, 1.82) is 0 Å². The third-order valence-electron chi connectivity index (χ3n) is 4.40. The molecule has 1 saturated heterocycles. The fourth-order valence-corrected chi connectivity index (χ4v) is 3.69. The Kier molecular flexibility index (Phi) is 5.43. The fraction of sp³-hybridized carbons (Fsp3) is 0.316. The molecule has 0 radical (unpaired) electrons. The van der Waals surface area contributed by atoms with Crippen molar-refractivity contribution in [3.63, 3.8) is 0 Å². The largest absolute Gasteiger partial charge is 0.480 e. The van der Waals surface area contributed by atoms with E-state index in [-0.39, 0.29) is 18.2 Å². The van der Waals surface area contributed by atoms with Crippen LogP contribution in [0.15, 0.2) is 28.2 Å². The predicted molar refractivity (Wildman–Crippen MR) is 99.1 cm³/mol. The number of nitrogens with zero attached hydrogens (tertiary/aromatic N) is 1. The van der Waals surface area contributed by atoms with E-state index in [1.54, 1.807) is 18.2 Å². The molecule has 4 amide bonds. The van der Waals surface area contributed by atoms with Gasteiger partial charge in [-0.15, -0.1) is 6.42 Å². The Morgan fingerprint density at radius 2 is 2.04 bits per heavy atom. The van der Waals surface area contributed by atoms with Crippen molar-refractivity contribution in [2.24, 2.45) is 0 Å². The van der Waals surface area contributed by atoms with Gasteiger partial charge in [0.2, 0.25) is 0 Å². The average Bonchev–Trinajstić information content (AvgIpc) is 3.12. The second-order valence-electron chi connectivity index (χ2n) is 6.11. The topological polar surface area (TPSA) is 75.7 Å². The summed E-state index contributed by atoms with van der Waals surface area (Å²) in [4.78, 5) is 38.2. The lowest BCUT2D eigenvalue weighted by molar-refractivity contribution is -0.131. The molecule has 2 aliphatic rings. The van der Waals surface area contributed by atoms with Crippen LogP contribution in [0.3, 0.4) is 0 Å². The number of imide groups is 2. The maximum Gasteiger partial charge on any atom is 0.331 e. The second-order valence-corrected chi connectivity index (χ2v) is 6.97. The van der Waals surface area contributed by atoms with Crippen molar-refractivity contribution in [3.8, 4) is 18.1 Å². The SMILES string of the molecule is C#CCOc1ccc(/C=C2\C(=O)NC(=O)N(C3CCCC3)C2=O)cc1Br. The first-order chi connectivity index (χ1) is 12.5. The highest BCUT2D eigenvalue weighted by Gasteiger charge is 2.40. The summed E-state index contributed by atoms with van der Waals surface area (Å²) in [5.41, 5.74) is 0.574. The van der Waals surface area contributed by atoms with Crippen molar-refractivity contribution in [1.82, 2.24) is 10.2 Å². The third-order valence-corrected chi connectivity index (χ3v) is 5.02. The van der Waals surface area contributed by atoms with Crippen LogP contribution in [0, 0.1) is 12.3 Å². The minimum absolute atomic E-state index is 0.0549.